The summed E-state index contributed by atoms with van der Waals surface area (Å²) in [5.41, 5.74) is 1.68. The maximum atomic E-state index is 13.5. The number of carboxylic acid groups (broad SMARTS) is 1. The molecule has 0 aromatic heterocycles. The molecule has 0 saturated heterocycles. The van der Waals surface area contributed by atoms with Crippen molar-refractivity contribution in [1.82, 2.24) is 0 Å². The van der Waals surface area contributed by atoms with Crippen molar-refractivity contribution in [3.63, 3.8) is 0 Å². The van der Waals surface area contributed by atoms with Gasteiger partial charge in [0.2, 0.25) is 0 Å². The lowest BCUT2D eigenvalue weighted by Gasteiger charge is -2.21. The van der Waals surface area contributed by atoms with Gasteiger partial charge in [-0.25, -0.2) is 4.39 Å². The highest BCUT2D eigenvalue weighted by molar-refractivity contribution is 5.77. The first-order chi connectivity index (χ1) is 9.08. The van der Waals surface area contributed by atoms with Gasteiger partial charge in [0.15, 0.2) is 0 Å². The number of carbonyl (C=O) groups is 1. The molecule has 0 amide bonds. The highest BCUT2D eigenvalue weighted by atomic mass is 19.1. The zero-order chi connectivity index (χ0) is 13.8. The van der Waals surface area contributed by atoms with Crippen LogP contribution in [-0.4, -0.2) is 5.97 Å². The van der Waals surface area contributed by atoms with E-state index in [1.807, 2.05) is 6.92 Å². The predicted octanol–water partition coefficient (Wildman–Crippen LogP) is 2.04. The van der Waals surface area contributed by atoms with E-state index in [9.17, 15) is 14.3 Å². The Labute approximate surface area is 110 Å². The summed E-state index contributed by atoms with van der Waals surface area (Å²) in [5, 5.41) is 13.8. The van der Waals surface area contributed by atoms with E-state index in [0.29, 0.717) is 5.56 Å². The summed E-state index contributed by atoms with van der Waals surface area (Å²) >= 11 is 0. The summed E-state index contributed by atoms with van der Waals surface area (Å²) in [6.07, 6.45) is 0. The van der Waals surface area contributed by atoms with Crippen molar-refractivity contribution >= 4 is 11.7 Å². The van der Waals surface area contributed by atoms with Crippen molar-refractivity contribution in [2.75, 3.05) is 5.32 Å². The third-order valence-electron chi connectivity index (χ3n) is 2.82. The fourth-order valence-corrected chi connectivity index (χ4v) is 1.77. The van der Waals surface area contributed by atoms with Gasteiger partial charge in [-0.05, 0) is 24.6 Å². The van der Waals surface area contributed by atoms with Crippen LogP contribution in [0.3, 0.4) is 0 Å². The Bertz CT molecular complexity index is 581. The van der Waals surface area contributed by atoms with Gasteiger partial charge in [0.05, 0.1) is 17.7 Å². The fourth-order valence-electron chi connectivity index (χ4n) is 1.77. The normalized spacial score (nSPS) is 11.9. The number of benzene rings is 2. The molecule has 0 heterocycles. The summed E-state index contributed by atoms with van der Waals surface area (Å²) in [7, 11) is 0. The van der Waals surface area contributed by atoms with Gasteiger partial charge >= 0.3 is 0 Å². The number of rotatable bonds is 4. The van der Waals surface area contributed by atoms with E-state index in [4.69, 9.17) is 0 Å². The number of carboxylic acids is 1. The molecule has 0 radical (unpaired) electrons. The van der Waals surface area contributed by atoms with E-state index in [0.717, 1.165) is 5.56 Å². The van der Waals surface area contributed by atoms with Crippen LogP contribution >= 0.6 is 0 Å². The Balaban J connectivity index is 2.29. The number of hydrogen-bond acceptors (Lipinski definition) is 3. The Hall–Kier alpha value is -2.36. The van der Waals surface area contributed by atoms with Gasteiger partial charge in [0.1, 0.15) is 5.82 Å². The highest BCUT2D eigenvalue weighted by Crippen LogP contribution is 2.21. The number of anilines is 1. The molecular formula is C15H13FNO2-. The minimum Gasteiger partial charge on any atom is -0.548 e. The quantitative estimate of drug-likeness (QED) is 0.913. The number of halogens is 1. The van der Waals surface area contributed by atoms with E-state index in [-0.39, 0.29) is 5.69 Å². The molecule has 2 aromatic rings. The Kier molecular flexibility index (Phi) is 3.80. The topological polar surface area (TPSA) is 52.2 Å². The fraction of sp³-hybridized carbons (Fsp3) is 0.133. The first-order valence-corrected chi connectivity index (χ1v) is 5.86. The van der Waals surface area contributed by atoms with Crippen LogP contribution in [0, 0.1) is 12.7 Å². The number of aryl methyl sites for hydroxylation is 1. The molecule has 2 rings (SSSR count). The lowest BCUT2D eigenvalue weighted by Crippen LogP contribution is -2.34. The zero-order valence-corrected chi connectivity index (χ0v) is 10.4. The van der Waals surface area contributed by atoms with E-state index >= 15 is 0 Å². The molecule has 0 spiro atoms. The Morgan fingerprint density at radius 1 is 1.16 bits per heavy atom. The first kappa shape index (κ1) is 13.1. The molecule has 3 nitrogen and oxygen atoms in total. The summed E-state index contributed by atoms with van der Waals surface area (Å²) in [6.45, 7) is 1.90. The Morgan fingerprint density at radius 3 is 2.37 bits per heavy atom. The average Bonchev–Trinajstić information content (AvgIpc) is 2.39. The SMILES string of the molecule is Cc1ccc([C@H](Nc2ccccc2F)C(=O)[O-])cc1. The smallest absolute Gasteiger partial charge is 0.146 e. The number of carbonyl (C=O) groups excluding carboxylic acids is 1. The maximum Gasteiger partial charge on any atom is 0.146 e. The molecule has 1 atom stereocenters. The van der Waals surface area contributed by atoms with Crippen LogP contribution in [0.5, 0.6) is 0 Å². The molecule has 98 valence electrons. The van der Waals surface area contributed by atoms with Crippen molar-refractivity contribution in [3.05, 3.63) is 65.5 Å². The number of para-hydroxylation sites is 1. The first-order valence-electron chi connectivity index (χ1n) is 5.86. The van der Waals surface area contributed by atoms with Crippen LogP contribution in [-0.2, 0) is 4.79 Å². The van der Waals surface area contributed by atoms with Crippen LogP contribution in [0.4, 0.5) is 10.1 Å². The minimum absolute atomic E-state index is 0.136. The third kappa shape index (κ3) is 3.10. The van der Waals surface area contributed by atoms with Crippen LogP contribution in [0.1, 0.15) is 17.2 Å². The molecule has 0 saturated carbocycles. The molecule has 1 N–H and O–H groups in total. The van der Waals surface area contributed by atoms with Crippen LogP contribution in [0.15, 0.2) is 48.5 Å². The van der Waals surface area contributed by atoms with E-state index in [1.165, 1.54) is 12.1 Å². The average molecular weight is 258 g/mol. The van der Waals surface area contributed by atoms with Crippen molar-refractivity contribution < 1.29 is 14.3 Å². The summed E-state index contributed by atoms with van der Waals surface area (Å²) < 4.78 is 13.5. The van der Waals surface area contributed by atoms with E-state index in [2.05, 4.69) is 5.32 Å². The highest BCUT2D eigenvalue weighted by Gasteiger charge is 2.14. The number of hydrogen-bond donors (Lipinski definition) is 1. The molecule has 0 bridgehead atoms. The molecule has 0 aliphatic heterocycles. The van der Waals surface area contributed by atoms with Gasteiger partial charge in [-0.3, -0.25) is 0 Å². The maximum absolute atomic E-state index is 13.5. The Morgan fingerprint density at radius 2 is 1.79 bits per heavy atom. The van der Waals surface area contributed by atoms with Gasteiger partial charge in [0, 0.05) is 0 Å². The molecule has 19 heavy (non-hydrogen) atoms. The molecule has 0 aliphatic carbocycles. The standard InChI is InChI=1S/C15H14FNO2/c1-10-6-8-11(9-7-10)14(15(18)19)17-13-5-3-2-4-12(13)16/h2-9,14,17H,1H3,(H,18,19)/p-1/t14-/m0/s1. The molecule has 0 unspecified atom stereocenters. The van der Waals surface area contributed by atoms with Crippen molar-refractivity contribution in [3.8, 4) is 0 Å². The molecule has 0 aliphatic rings. The van der Waals surface area contributed by atoms with Crippen LogP contribution in [0.25, 0.3) is 0 Å². The lowest BCUT2D eigenvalue weighted by atomic mass is 10.0. The monoisotopic (exact) mass is 258 g/mol. The van der Waals surface area contributed by atoms with Crippen LogP contribution in [0.2, 0.25) is 0 Å². The molecule has 0 fully saturated rings. The summed E-state index contributed by atoms with van der Waals surface area (Å²) in [5.74, 6) is -1.80. The van der Waals surface area contributed by atoms with E-state index in [1.54, 1.807) is 36.4 Å². The van der Waals surface area contributed by atoms with Gasteiger partial charge in [-0.15, -0.1) is 0 Å². The second-order valence-electron chi connectivity index (χ2n) is 4.29. The van der Waals surface area contributed by atoms with Gasteiger partial charge in [-0.1, -0.05) is 42.0 Å². The third-order valence-corrected chi connectivity index (χ3v) is 2.82. The predicted molar refractivity (Wildman–Crippen MR) is 68.9 cm³/mol. The number of nitrogens with one attached hydrogen (secondary N) is 1. The van der Waals surface area contributed by atoms with Crippen molar-refractivity contribution in [2.24, 2.45) is 0 Å². The minimum atomic E-state index is -1.30. The van der Waals surface area contributed by atoms with Crippen molar-refractivity contribution in [2.45, 2.75) is 13.0 Å². The van der Waals surface area contributed by atoms with Gasteiger partial charge in [-0.2, -0.15) is 0 Å². The number of aliphatic carboxylic acids is 1. The summed E-state index contributed by atoms with van der Waals surface area (Å²) in [6, 6.07) is 11.8. The van der Waals surface area contributed by atoms with Crippen LogP contribution < -0.4 is 10.4 Å². The molecule has 2 aromatic carbocycles. The molecular weight excluding hydrogens is 245 g/mol. The van der Waals surface area contributed by atoms with Crippen molar-refractivity contribution in [1.29, 1.82) is 0 Å². The largest absolute Gasteiger partial charge is 0.548 e. The van der Waals surface area contributed by atoms with E-state index < -0.39 is 17.8 Å². The van der Waals surface area contributed by atoms with Gasteiger partial charge < -0.3 is 15.2 Å². The second-order valence-corrected chi connectivity index (χ2v) is 4.29. The summed E-state index contributed by atoms with van der Waals surface area (Å²) in [4.78, 5) is 11.2. The molecule has 4 heteroatoms. The zero-order valence-electron chi connectivity index (χ0n) is 10.4. The van der Waals surface area contributed by atoms with Gasteiger partial charge in [0.25, 0.3) is 0 Å². The lowest BCUT2D eigenvalue weighted by molar-refractivity contribution is -0.307. The second kappa shape index (κ2) is 5.52.